The molecule has 0 spiro atoms. The zero-order valence-corrected chi connectivity index (χ0v) is 12.1. The van der Waals surface area contributed by atoms with Crippen molar-refractivity contribution in [3.8, 4) is 0 Å². The second-order valence-corrected chi connectivity index (χ2v) is 4.82. The third-order valence-corrected chi connectivity index (χ3v) is 3.07. The summed E-state index contributed by atoms with van der Waals surface area (Å²) >= 11 is 0. The summed E-state index contributed by atoms with van der Waals surface area (Å²) in [7, 11) is 0. The van der Waals surface area contributed by atoms with E-state index >= 15 is 0 Å². The lowest BCUT2D eigenvalue weighted by atomic mass is 9.99. The van der Waals surface area contributed by atoms with Crippen LogP contribution in [0.3, 0.4) is 0 Å². The molecule has 4 nitrogen and oxygen atoms in total. The molecule has 2 N–H and O–H groups in total. The second kappa shape index (κ2) is 7.12. The van der Waals surface area contributed by atoms with Gasteiger partial charge in [0.05, 0.1) is 6.04 Å². The Kier molecular flexibility index (Phi) is 5.18. The van der Waals surface area contributed by atoms with E-state index in [9.17, 15) is 27.2 Å². The molecule has 0 fully saturated rings. The number of imide groups is 1. The first-order valence-corrected chi connectivity index (χ1v) is 6.76. The van der Waals surface area contributed by atoms with Crippen LogP contribution in [0.1, 0.15) is 17.2 Å². The number of hydrogen-bond donors (Lipinski definition) is 2. The van der Waals surface area contributed by atoms with Crippen LogP contribution < -0.4 is 10.6 Å². The van der Waals surface area contributed by atoms with Gasteiger partial charge in [0, 0.05) is 0 Å². The zero-order valence-electron chi connectivity index (χ0n) is 12.1. The Balaban J connectivity index is 2.24. The smallest absolute Gasteiger partial charge is 0.327 e. The first-order chi connectivity index (χ1) is 11.3. The minimum absolute atomic E-state index is 0.316. The van der Waals surface area contributed by atoms with Crippen molar-refractivity contribution >= 4 is 11.9 Å². The quantitative estimate of drug-likeness (QED) is 0.843. The highest BCUT2D eigenvalue weighted by molar-refractivity contribution is 5.97. The fourth-order valence-electron chi connectivity index (χ4n) is 2.03. The lowest BCUT2D eigenvalue weighted by Gasteiger charge is -2.20. The van der Waals surface area contributed by atoms with Gasteiger partial charge in [0.15, 0.2) is 0 Å². The maximum absolute atomic E-state index is 13.4. The summed E-state index contributed by atoms with van der Waals surface area (Å²) < 4.78 is 50.0. The van der Waals surface area contributed by atoms with E-state index in [1.807, 2.05) is 0 Å². The Labute approximate surface area is 134 Å². The van der Waals surface area contributed by atoms with Gasteiger partial charge in [-0.15, -0.1) is 0 Å². The van der Waals surface area contributed by atoms with Crippen molar-refractivity contribution in [2.45, 2.75) is 12.2 Å². The fraction of sp³-hybridized carbons (Fsp3) is 0.125. The predicted octanol–water partition coefficient (Wildman–Crippen LogP) is 3.30. The van der Waals surface area contributed by atoms with Crippen LogP contribution in [0.15, 0.2) is 54.6 Å². The molecule has 8 heteroatoms. The molecule has 0 aliphatic carbocycles. The molecule has 126 valence electrons. The van der Waals surface area contributed by atoms with E-state index in [2.05, 4.69) is 5.32 Å². The third kappa shape index (κ3) is 4.55. The topological polar surface area (TPSA) is 58.2 Å². The summed E-state index contributed by atoms with van der Waals surface area (Å²) in [5.74, 6) is -2.95. The Morgan fingerprint density at radius 1 is 0.917 bits per heavy atom. The van der Waals surface area contributed by atoms with Gasteiger partial charge in [-0.2, -0.15) is 13.2 Å². The summed E-state index contributed by atoms with van der Waals surface area (Å²) in [6.07, 6.45) is -5.18. The van der Waals surface area contributed by atoms with Crippen LogP contribution in [-0.4, -0.2) is 18.1 Å². The third-order valence-electron chi connectivity index (χ3n) is 3.07. The van der Waals surface area contributed by atoms with Crippen LogP contribution in [0.5, 0.6) is 0 Å². The Morgan fingerprint density at radius 3 is 2.12 bits per heavy atom. The maximum Gasteiger partial charge on any atom is 0.471 e. The van der Waals surface area contributed by atoms with Crippen LogP contribution in [0, 0.1) is 5.82 Å². The molecule has 0 saturated carbocycles. The lowest BCUT2D eigenvalue weighted by molar-refractivity contribution is -0.172. The van der Waals surface area contributed by atoms with Crippen LogP contribution in [0.25, 0.3) is 0 Å². The van der Waals surface area contributed by atoms with Crippen molar-refractivity contribution in [2.24, 2.45) is 0 Å². The van der Waals surface area contributed by atoms with Crippen LogP contribution >= 0.6 is 0 Å². The summed E-state index contributed by atoms with van der Waals surface area (Å²) in [5.41, 5.74) is 0.827. The molecule has 0 saturated heterocycles. The van der Waals surface area contributed by atoms with Gasteiger partial charge in [-0.3, -0.25) is 10.1 Å². The molecule has 0 aliphatic rings. The molecule has 0 aromatic heterocycles. The number of amides is 3. The van der Waals surface area contributed by atoms with E-state index in [1.165, 1.54) is 23.5 Å². The number of benzene rings is 2. The van der Waals surface area contributed by atoms with Crippen molar-refractivity contribution in [2.75, 3.05) is 0 Å². The number of carbonyl (C=O) groups excluding carboxylic acids is 2. The molecular weight excluding hydrogens is 328 g/mol. The predicted molar refractivity (Wildman–Crippen MR) is 77.4 cm³/mol. The van der Waals surface area contributed by atoms with E-state index < -0.39 is 30.0 Å². The molecule has 0 radical (unpaired) electrons. The number of hydrogen-bond acceptors (Lipinski definition) is 2. The maximum atomic E-state index is 13.4. The van der Waals surface area contributed by atoms with Crippen molar-refractivity contribution in [3.05, 3.63) is 71.5 Å². The molecule has 2 aromatic rings. The lowest BCUT2D eigenvalue weighted by Crippen LogP contribution is -2.46. The molecule has 3 amide bonds. The normalized spacial score (nSPS) is 12.3. The Bertz CT molecular complexity index is 732. The number of carbonyl (C=O) groups is 2. The van der Waals surface area contributed by atoms with Gasteiger partial charge in [-0.05, 0) is 23.3 Å². The first kappa shape index (κ1) is 17.5. The average molecular weight is 340 g/mol. The van der Waals surface area contributed by atoms with Gasteiger partial charge in [0.1, 0.15) is 5.82 Å². The summed E-state index contributed by atoms with van der Waals surface area (Å²) in [4.78, 5) is 22.5. The monoisotopic (exact) mass is 340 g/mol. The standard InChI is InChI=1S/C16H12F4N2O2/c17-12-8-4-7-11(9-12)13(10-5-2-1-3-6-10)21-15(24)22-14(23)16(18,19)20/h1-9,13H,(H2,21,22,23,24). The van der Waals surface area contributed by atoms with E-state index in [1.54, 1.807) is 30.3 Å². The van der Waals surface area contributed by atoms with Gasteiger partial charge >= 0.3 is 18.1 Å². The number of urea groups is 1. The zero-order chi connectivity index (χ0) is 17.7. The number of rotatable bonds is 3. The molecule has 0 bridgehead atoms. The van der Waals surface area contributed by atoms with Gasteiger partial charge in [-0.25, -0.2) is 9.18 Å². The molecular formula is C16H12F4N2O2. The van der Waals surface area contributed by atoms with Crippen LogP contribution in [-0.2, 0) is 4.79 Å². The van der Waals surface area contributed by atoms with E-state index in [0.29, 0.717) is 11.1 Å². The Morgan fingerprint density at radius 2 is 1.54 bits per heavy atom. The number of nitrogens with one attached hydrogen (secondary N) is 2. The first-order valence-electron chi connectivity index (χ1n) is 6.76. The fourth-order valence-corrected chi connectivity index (χ4v) is 2.03. The van der Waals surface area contributed by atoms with Gasteiger partial charge < -0.3 is 5.32 Å². The van der Waals surface area contributed by atoms with Crippen molar-refractivity contribution in [1.29, 1.82) is 0 Å². The second-order valence-electron chi connectivity index (χ2n) is 4.82. The summed E-state index contributed by atoms with van der Waals surface area (Å²) in [6.45, 7) is 0. The highest BCUT2D eigenvalue weighted by atomic mass is 19.4. The van der Waals surface area contributed by atoms with Crippen LogP contribution in [0.4, 0.5) is 22.4 Å². The van der Waals surface area contributed by atoms with Crippen molar-refractivity contribution < 1.29 is 27.2 Å². The van der Waals surface area contributed by atoms with Gasteiger partial charge in [0.25, 0.3) is 0 Å². The molecule has 1 atom stereocenters. The minimum Gasteiger partial charge on any atom is -0.327 e. The minimum atomic E-state index is -5.18. The molecule has 1 unspecified atom stereocenters. The van der Waals surface area contributed by atoms with Crippen molar-refractivity contribution in [1.82, 2.24) is 10.6 Å². The van der Waals surface area contributed by atoms with E-state index in [4.69, 9.17) is 0 Å². The molecule has 24 heavy (non-hydrogen) atoms. The summed E-state index contributed by atoms with van der Waals surface area (Å²) in [6, 6.07) is 11.2. The number of alkyl halides is 3. The highest BCUT2D eigenvalue weighted by Gasteiger charge is 2.40. The SMILES string of the molecule is O=C(NC(=O)C(F)(F)F)NC(c1ccccc1)c1cccc(F)c1. The Hall–Kier alpha value is -2.90. The van der Waals surface area contributed by atoms with Gasteiger partial charge in [0.2, 0.25) is 0 Å². The highest BCUT2D eigenvalue weighted by Crippen LogP contribution is 2.22. The molecule has 2 aromatic carbocycles. The molecule has 2 rings (SSSR count). The van der Waals surface area contributed by atoms with Crippen molar-refractivity contribution in [3.63, 3.8) is 0 Å². The molecule has 0 heterocycles. The van der Waals surface area contributed by atoms with Gasteiger partial charge in [-0.1, -0.05) is 42.5 Å². The van der Waals surface area contributed by atoms with Crippen LogP contribution in [0.2, 0.25) is 0 Å². The van der Waals surface area contributed by atoms with E-state index in [-0.39, 0.29) is 0 Å². The van der Waals surface area contributed by atoms with E-state index in [0.717, 1.165) is 6.07 Å². The number of halogens is 4. The summed E-state index contributed by atoms with van der Waals surface area (Å²) in [5, 5.41) is 3.44. The average Bonchev–Trinajstić information content (AvgIpc) is 2.52. The molecule has 0 aliphatic heterocycles. The largest absolute Gasteiger partial charge is 0.471 e.